The van der Waals surface area contributed by atoms with Gasteiger partial charge < -0.3 is 26.2 Å². The summed E-state index contributed by atoms with van der Waals surface area (Å²) in [6, 6.07) is 45.4. The summed E-state index contributed by atoms with van der Waals surface area (Å²) in [4.78, 5) is 27.4. The van der Waals surface area contributed by atoms with E-state index in [0.29, 0.717) is 53.8 Å². The fourth-order valence-electron chi connectivity index (χ4n) is 14.5. The number of alkyl halides is 6. The number of urea groups is 1. The van der Waals surface area contributed by atoms with E-state index >= 15 is 0 Å². The normalized spacial score (nSPS) is 18.6. The molecule has 6 aromatic carbocycles. The van der Waals surface area contributed by atoms with Crippen LogP contribution in [-0.4, -0.2) is 160 Å². The van der Waals surface area contributed by atoms with Crippen LogP contribution in [0.2, 0.25) is 10.0 Å². The van der Waals surface area contributed by atoms with Crippen LogP contribution in [0, 0.1) is 19.8 Å². The lowest BCUT2D eigenvalue weighted by Gasteiger charge is -2.43. The molecule has 3 atom stereocenters. The number of piperazine rings is 3. The molecular formula is C78H109Cl2F6N11O. The predicted octanol–water partition coefficient (Wildman–Crippen LogP) is 17.3. The Labute approximate surface area is 592 Å². The van der Waals surface area contributed by atoms with E-state index in [1.54, 1.807) is 24.3 Å². The summed E-state index contributed by atoms with van der Waals surface area (Å²) in [6.45, 7) is 23.7. The second kappa shape index (κ2) is 38.2. The number of halogens is 8. The largest absolute Gasteiger partial charge is 0.416 e. The van der Waals surface area contributed by atoms with Gasteiger partial charge in [0.25, 0.3) is 0 Å². The van der Waals surface area contributed by atoms with Crippen molar-refractivity contribution < 1.29 is 34.0 Å². The van der Waals surface area contributed by atoms with Crippen LogP contribution >= 0.6 is 23.2 Å². The zero-order valence-corrected chi connectivity index (χ0v) is 59.5. The molecule has 6 aromatic rings. The van der Waals surface area contributed by atoms with Gasteiger partial charge in [-0.25, -0.2) is 4.79 Å². The van der Waals surface area contributed by atoms with Crippen LogP contribution in [0.15, 0.2) is 146 Å². The Kier molecular flexibility index (Phi) is 29.7. The van der Waals surface area contributed by atoms with Gasteiger partial charge in [-0.1, -0.05) is 166 Å². The number of amides is 2. The van der Waals surface area contributed by atoms with Crippen molar-refractivity contribution in [1.82, 2.24) is 40.4 Å². The van der Waals surface area contributed by atoms with Gasteiger partial charge in [-0.05, 0) is 148 Å². The molecular weight excluding hydrogens is 1290 g/mol. The molecule has 2 amide bonds. The van der Waals surface area contributed by atoms with Crippen LogP contribution < -0.4 is 31.5 Å². The van der Waals surface area contributed by atoms with E-state index in [2.05, 4.69) is 101 Å². The summed E-state index contributed by atoms with van der Waals surface area (Å²) in [6.07, 6.45) is 6.64. The van der Waals surface area contributed by atoms with Crippen molar-refractivity contribution in [3.05, 3.63) is 195 Å². The Balaban J connectivity index is 0.000000209. The lowest BCUT2D eigenvalue weighted by molar-refractivity contribution is -0.138. The standard InChI is InChI=1S/C28H38F3N3.C26H35F3N4.C24H32Cl2N4O.2H2/c1-22-7-9-23(10-8-22)15-16-32-21-27(24-11-13-25(14-12-24)28(29,30)31)34-19-17-33(18-20-34)26-5-3-2-4-6-26;27-26(28,29)22-13-11-21(12-14-22)25(19-30-20-31-23-7-3-1-4-8-23)33-17-15-32(16-18-33)24-9-5-2-6-10-24;1-17(2)14-21(16-27-24(31)28-19-6-4-18(3)5-7-19)30-12-10-29(11-13-30)20-8-9-22(25)23(26)15-20;;/h7-14,26-27,32H,2-6,15-21H2,1H3;1,3-4,7-8,11-14,24-25,30-31H,2,5-6,9-10,15-20H2;4-9,15,17,21H,10-14,16H2,1-3H3,(H2,27,28,31);2*1H. The molecule has 5 fully saturated rings. The molecule has 3 saturated heterocycles. The van der Waals surface area contributed by atoms with Gasteiger partial charge in [0.2, 0.25) is 0 Å². The molecule has 98 heavy (non-hydrogen) atoms. The van der Waals surface area contributed by atoms with E-state index in [4.69, 9.17) is 23.2 Å². The number of nitrogens with zero attached hydrogens (tertiary/aromatic N) is 6. The Bertz CT molecular complexity index is 3270. The van der Waals surface area contributed by atoms with Crippen LogP contribution in [0.5, 0.6) is 0 Å². The molecule has 3 aliphatic heterocycles. The Morgan fingerprint density at radius 2 is 1.00 bits per heavy atom. The molecule has 0 spiro atoms. The third-order valence-electron chi connectivity index (χ3n) is 20.2. The van der Waals surface area contributed by atoms with Crippen LogP contribution in [0.4, 0.5) is 48.2 Å². The van der Waals surface area contributed by atoms with Crippen LogP contribution in [0.1, 0.15) is 138 Å². The van der Waals surface area contributed by atoms with Gasteiger partial charge in [0.05, 0.1) is 27.8 Å². The van der Waals surface area contributed by atoms with E-state index in [-0.39, 0.29) is 21.0 Å². The molecule has 0 radical (unpaired) electrons. The summed E-state index contributed by atoms with van der Waals surface area (Å²) in [5.41, 5.74) is 7.39. The molecule has 20 heteroatoms. The number of para-hydroxylation sites is 1. The van der Waals surface area contributed by atoms with Crippen LogP contribution in [0.3, 0.4) is 0 Å². The number of anilines is 3. The van der Waals surface area contributed by atoms with E-state index in [0.717, 1.165) is 133 Å². The first-order chi connectivity index (χ1) is 47.2. The van der Waals surface area contributed by atoms with Gasteiger partial charge in [0, 0.05) is 148 Å². The third-order valence-corrected chi connectivity index (χ3v) is 21.0. The summed E-state index contributed by atoms with van der Waals surface area (Å²) in [5.74, 6) is 0.556. The summed E-state index contributed by atoms with van der Waals surface area (Å²) in [5, 5.41) is 17.5. The maximum Gasteiger partial charge on any atom is 0.416 e. The minimum Gasteiger partial charge on any atom is -0.372 e. The van der Waals surface area contributed by atoms with Gasteiger partial charge in [0.15, 0.2) is 0 Å². The van der Waals surface area contributed by atoms with E-state index in [1.165, 1.54) is 105 Å². The number of hydrogen-bond donors (Lipinski definition) is 5. The second-order valence-electron chi connectivity index (χ2n) is 27.7. The maximum absolute atomic E-state index is 13.1. The minimum absolute atomic E-state index is 0. The van der Waals surface area contributed by atoms with Crippen molar-refractivity contribution in [2.45, 2.75) is 147 Å². The first-order valence-electron chi connectivity index (χ1n) is 35.8. The van der Waals surface area contributed by atoms with Crippen molar-refractivity contribution in [2.24, 2.45) is 5.92 Å². The Hall–Kier alpha value is -5.93. The molecule has 0 aromatic heterocycles. The summed E-state index contributed by atoms with van der Waals surface area (Å²) >= 11 is 12.2. The lowest BCUT2D eigenvalue weighted by Crippen LogP contribution is -2.54. The van der Waals surface area contributed by atoms with Crippen molar-refractivity contribution in [3.8, 4) is 0 Å². The molecule has 3 unspecified atom stereocenters. The number of hydrogen-bond acceptors (Lipinski definition) is 10. The molecule has 0 bridgehead atoms. The number of carbonyl (C=O) groups is 1. The minimum atomic E-state index is -4.31. The molecule has 538 valence electrons. The number of benzene rings is 6. The van der Waals surface area contributed by atoms with Crippen LogP contribution in [-0.2, 0) is 18.8 Å². The maximum atomic E-state index is 13.1. The van der Waals surface area contributed by atoms with Gasteiger partial charge in [-0.15, -0.1) is 0 Å². The number of nitrogens with one attached hydrogen (secondary N) is 5. The molecule has 12 nitrogen and oxygen atoms in total. The second-order valence-corrected chi connectivity index (χ2v) is 28.5. The number of aryl methyl sites for hydroxylation is 2. The van der Waals surface area contributed by atoms with Gasteiger partial charge in [-0.2, -0.15) is 26.3 Å². The molecule has 2 saturated carbocycles. The van der Waals surface area contributed by atoms with E-state index in [1.807, 2.05) is 79.7 Å². The smallest absolute Gasteiger partial charge is 0.372 e. The quantitative estimate of drug-likeness (QED) is 0.0242. The molecule has 5 N–H and O–H groups in total. The van der Waals surface area contributed by atoms with Gasteiger partial charge in [0.1, 0.15) is 0 Å². The van der Waals surface area contributed by atoms with Crippen LogP contribution in [0.25, 0.3) is 0 Å². The molecule has 11 rings (SSSR count). The molecule has 2 aliphatic carbocycles. The van der Waals surface area contributed by atoms with Crippen molar-refractivity contribution in [3.63, 3.8) is 0 Å². The number of carbonyl (C=O) groups excluding carboxylic acids is 1. The van der Waals surface area contributed by atoms with Gasteiger partial charge >= 0.3 is 18.4 Å². The highest BCUT2D eigenvalue weighted by atomic mass is 35.5. The number of rotatable bonds is 23. The first kappa shape index (κ1) is 76.3. The van der Waals surface area contributed by atoms with Crippen molar-refractivity contribution in [1.29, 1.82) is 0 Å². The SMILES string of the molecule is Cc1ccc(CCNCC(c2ccc(C(F)(F)F)cc2)N2CCN(C3CCCCC3)CC2)cc1.Cc1ccc(NC(=O)NCC(CC(C)C)N2CCN(c3ccc(Cl)c(Cl)c3)CC2)cc1.FC(F)(F)c1ccc(C(CNCNc2ccccc2)N2CCN(C3CCCCC3)CC2)cc1.[HH].[HH]. The average Bonchev–Trinajstić information content (AvgIpc) is 0.833. The fraction of sp³-hybridized carbons (Fsp3) is 0.526. The third kappa shape index (κ3) is 24.1. The summed E-state index contributed by atoms with van der Waals surface area (Å²) < 4.78 is 78.5. The van der Waals surface area contributed by atoms with E-state index in [9.17, 15) is 31.1 Å². The molecule has 3 heterocycles. The van der Waals surface area contributed by atoms with Gasteiger partial charge in [-0.3, -0.25) is 29.8 Å². The topological polar surface area (TPSA) is 96.7 Å². The fourth-order valence-corrected chi connectivity index (χ4v) is 14.8. The predicted molar refractivity (Wildman–Crippen MR) is 395 cm³/mol. The van der Waals surface area contributed by atoms with E-state index < -0.39 is 23.5 Å². The van der Waals surface area contributed by atoms with Crippen molar-refractivity contribution >= 4 is 46.3 Å². The average molecular weight is 1400 g/mol. The Morgan fingerprint density at radius 1 is 0.520 bits per heavy atom. The highest BCUT2D eigenvalue weighted by molar-refractivity contribution is 6.42. The van der Waals surface area contributed by atoms with Crippen molar-refractivity contribution in [2.75, 3.05) is 127 Å². The monoisotopic (exact) mass is 1400 g/mol. The Morgan fingerprint density at radius 3 is 1.48 bits per heavy atom. The zero-order valence-electron chi connectivity index (χ0n) is 57.9. The lowest BCUT2D eigenvalue weighted by atomic mass is 9.93. The highest BCUT2D eigenvalue weighted by Crippen LogP contribution is 2.35. The zero-order chi connectivity index (χ0) is 69.4. The first-order valence-corrected chi connectivity index (χ1v) is 36.6. The summed E-state index contributed by atoms with van der Waals surface area (Å²) in [7, 11) is 0. The molecule has 5 aliphatic rings. The highest BCUT2D eigenvalue weighted by Gasteiger charge is 2.35.